The summed E-state index contributed by atoms with van der Waals surface area (Å²) in [6.07, 6.45) is 3.04. The van der Waals surface area contributed by atoms with Crippen LogP contribution in [0.2, 0.25) is 0 Å². The molecule has 0 bridgehead atoms. The van der Waals surface area contributed by atoms with Crippen molar-refractivity contribution in [2.45, 2.75) is 26.2 Å². The van der Waals surface area contributed by atoms with E-state index in [0.29, 0.717) is 13.2 Å². The molecule has 2 aromatic rings. The lowest BCUT2D eigenvalue weighted by molar-refractivity contribution is 0.280. The summed E-state index contributed by atoms with van der Waals surface area (Å²) in [5, 5.41) is 0. The van der Waals surface area contributed by atoms with Gasteiger partial charge in [0.1, 0.15) is 11.5 Å². The number of aryl methyl sites for hydroxylation is 1. The Bertz CT molecular complexity index is 582. The van der Waals surface area contributed by atoms with Gasteiger partial charge in [-0.1, -0.05) is 12.1 Å². The molecule has 0 aliphatic rings. The lowest BCUT2D eigenvalue weighted by Crippen LogP contribution is -2.03. The zero-order valence-corrected chi connectivity index (χ0v) is 13.0. The molecule has 0 saturated carbocycles. The van der Waals surface area contributed by atoms with E-state index in [1.54, 1.807) is 0 Å². The highest BCUT2D eigenvalue weighted by Crippen LogP contribution is 2.24. The third-order valence-corrected chi connectivity index (χ3v) is 3.48. The largest absolute Gasteiger partial charge is 0.494 e. The van der Waals surface area contributed by atoms with E-state index in [1.807, 2.05) is 49.4 Å². The van der Waals surface area contributed by atoms with Gasteiger partial charge in [-0.05, 0) is 62.1 Å². The number of nitrogen functional groups attached to an aromatic ring is 2. The Balaban J connectivity index is 1.58. The molecule has 0 saturated heterocycles. The molecule has 0 aromatic heterocycles. The molecule has 4 N–H and O–H groups in total. The average Bonchev–Trinajstić information content (AvgIpc) is 2.52. The van der Waals surface area contributed by atoms with Crippen molar-refractivity contribution in [3.05, 3.63) is 48.0 Å². The fraction of sp³-hybridized carbons (Fsp3) is 0.333. The van der Waals surface area contributed by atoms with Gasteiger partial charge in [0.2, 0.25) is 0 Å². The molecular weight excluding hydrogens is 276 g/mol. The molecule has 2 aromatic carbocycles. The summed E-state index contributed by atoms with van der Waals surface area (Å²) in [5.41, 5.74) is 14.1. The van der Waals surface area contributed by atoms with Crippen molar-refractivity contribution in [1.82, 2.24) is 0 Å². The SMILES string of the molecule is Cc1cccc(OCCCCCOc2ccc(N)cc2)c1N. The molecule has 22 heavy (non-hydrogen) atoms. The smallest absolute Gasteiger partial charge is 0.142 e. The Morgan fingerprint density at radius 1 is 0.818 bits per heavy atom. The Labute approximate surface area is 132 Å². The molecule has 4 heteroatoms. The molecule has 0 unspecified atom stereocenters. The van der Waals surface area contributed by atoms with Crippen molar-refractivity contribution in [1.29, 1.82) is 0 Å². The zero-order valence-electron chi connectivity index (χ0n) is 13.0. The van der Waals surface area contributed by atoms with Crippen molar-refractivity contribution in [2.24, 2.45) is 0 Å². The number of unbranched alkanes of at least 4 members (excludes halogenated alkanes) is 2. The van der Waals surface area contributed by atoms with E-state index in [2.05, 4.69) is 0 Å². The summed E-state index contributed by atoms with van der Waals surface area (Å²) in [4.78, 5) is 0. The Morgan fingerprint density at radius 2 is 1.50 bits per heavy atom. The van der Waals surface area contributed by atoms with Crippen LogP contribution in [-0.4, -0.2) is 13.2 Å². The topological polar surface area (TPSA) is 70.5 Å². The number of para-hydroxylation sites is 1. The molecule has 0 amide bonds. The standard InChI is InChI=1S/C18H24N2O2/c1-14-6-5-7-17(18(14)20)22-13-4-2-3-12-21-16-10-8-15(19)9-11-16/h5-11H,2-4,12-13,19-20H2,1H3. The number of nitrogens with two attached hydrogens (primary N) is 2. The normalized spacial score (nSPS) is 10.4. The summed E-state index contributed by atoms with van der Waals surface area (Å²) >= 11 is 0. The van der Waals surface area contributed by atoms with Gasteiger partial charge < -0.3 is 20.9 Å². The van der Waals surface area contributed by atoms with E-state index in [0.717, 1.165) is 47.7 Å². The van der Waals surface area contributed by atoms with Gasteiger partial charge in [0.05, 0.1) is 18.9 Å². The quantitative estimate of drug-likeness (QED) is 0.575. The minimum Gasteiger partial charge on any atom is -0.494 e. The molecule has 2 rings (SSSR count). The maximum absolute atomic E-state index is 5.97. The van der Waals surface area contributed by atoms with Crippen LogP contribution in [0.25, 0.3) is 0 Å². The van der Waals surface area contributed by atoms with Gasteiger partial charge in [-0.15, -0.1) is 0 Å². The van der Waals surface area contributed by atoms with Crippen LogP contribution >= 0.6 is 0 Å². The molecule has 118 valence electrons. The van der Waals surface area contributed by atoms with Crippen LogP contribution in [-0.2, 0) is 0 Å². The highest BCUT2D eigenvalue weighted by Gasteiger charge is 2.02. The molecule has 0 heterocycles. The highest BCUT2D eigenvalue weighted by atomic mass is 16.5. The first kappa shape index (κ1) is 16.0. The lowest BCUT2D eigenvalue weighted by atomic mass is 10.2. The van der Waals surface area contributed by atoms with Crippen molar-refractivity contribution in [3.8, 4) is 11.5 Å². The van der Waals surface area contributed by atoms with Crippen molar-refractivity contribution >= 4 is 11.4 Å². The van der Waals surface area contributed by atoms with Crippen LogP contribution in [0.15, 0.2) is 42.5 Å². The van der Waals surface area contributed by atoms with Crippen molar-refractivity contribution in [3.63, 3.8) is 0 Å². The number of ether oxygens (including phenoxy) is 2. The minimum absolute atomic E-state index is 0.676. The van der Waals surface area contributed by atoms with Gasteiger partial charge >= 0.3 is 0 Å². The number of hydrogen-bond donors (Lipinski definition) is 2. The van der Waals surface area contributed by atoms with Crippen molar-refractivity contribution in [2.75, 3.05) is 24.7 Å². The maximum atomic E-state index is 5.97. The monoisotopic (exact) mass is 300 g/mol. The third-order valence-electron chi connectivity index (χ3n) is 3.48. The second-order valence-electron chi connectivity index (χ2n) is 5.31. The molecule has 0 spiro atoms. The summed E-state index contributed by atoms with van der Waals surface area (Å²) in [5.74, 6) is 1.64. The predicted octanol–water partition coefficient (Wildman–Crippen LogP) is 3.79. The molecule has 0 fully saturated rings. The first-order valence-electron chi connectivity index (χ1n) is 7.63. The average molecular weight is 300 g/mol. The van der Waals surface area contributed by atoms with Crippen LogP contribution in [0.4, 0.5) is 11.4 Å². The molecule has 0 aliphatic carbocycles. The Hall–Kier alpha value is -2.36. The number of anilines is 2. The fourth-order valence-corrected chi connectivity index (χ4v) is 2.10. The lowest BCUT2D eigenvalue weighted by Gasteiger charge is -2.10. The second-order valence-corrected chi connectivity index (χ2v) is 5.31. The number of rotatable bonds is 8. The molecular formula is C18H24N2O2. The molecule has 0 radical (unpaired) electrons. The van der Waals surface area contributed by atoms with Gasteiger partial charge in [0.25, 0.3) is 0 Å². The maximum Gasteiger partial charge on any atom is 0.142 e. The highest BCUT2D eigenvalue weighted by molar-refractivity contribution is 5.57. The summed E-state index contributed by atoms with van der Waals surface area (Å²) < 4.78 is 11.4. The first-order chi connectivity index (χ1) is 10.7. The zero-order chi connectivity index (χ0) is 15.8. The minimum atomic E-state index is 0.676. The summed E-state index contributed by atoms with van der Waals surface area (Å²) in [7, 11) is 0. The van der Waals surface area contributed by atoms with Crippen LogP contribution in [0.1, 0.15) is 24.8 Å². The Morgan fingerprint density at radius 3 is 2.23 bits per heavy atom. The van der Waals surface area contributed by atoms with E-state index in [9.17, 15) is 0 Å². The third kappa shape index (κ3) is 4.88. The van der Waals surface area contributed by atoms with Crippen molar-refractivity contribution < 1.29 is 9.47 Å². The summed E-state index contributed by atoms with van der Waals surface area (Å²) in [6.45, 7) is 3.36. The van der Waals surface area contributed by atoms with E-state index < -0.39 is 0 Å². The van der Waals surface area contributed by atoms with Gasteiger partial charge in [-0.3, -0.25) is 0 Å². The van der Waals surface area contributed by atoms with Gasteiger partial charge in [0, 0.05) is 5.69 Å². The van der Waals surface area contributed by atoms with E-state index in [4.69, 9.17) is 20.9 Å². The van der Waals surface area contributed by atoms with Crippen LogP contribution in [0.5, 0.6) is 11.5 Å². The number of hydrogen-bond acceptors (Lipinski definition) is 4. The molecule has 4 nitrogen and oxygen atoms in total. The van der Waals surface area contributed by atoms with E-state index in [-0.39, 0.29) is 0 Å². The summed E-state index contributed by atoms with van der Waals surface area (Å²) in [6, 6.07) is 13.3. The predicted molar refractivity (Wildman–Crippen MR) is 91.3 cm³/mol. The molecule has 0 atom stereocenters. The van der Waals surface area contributed by atoms with E-state index in [1.165, 1.54) is 0 Å². The van der Waals surface area contributed by atoms with Crippen LogP contribution in [0.3, 0.4) is 0 Å². The van der Waals surface area contributed by atoms with Gasteiger partial charge in [-0.25, -0.2) is 0 Å². The van der Waals surface area contributed by atoms with Gasteiger partial charge in [-0.2, -0.15) is 0 Å². The van der Waals surface area contributed by atoms with Crippen LogP contribution in [0, 0.1) is 6.92 Å². The Kier molecular flexibility index (Phi) is 5.95. The second kappa shape index (κ2) is 8.17. The molecule has 0 aliphatic heterocycles. The fourth-order valence-electron chi connectivity index (χ4n) is 2.10. The first-order valence-corrected chi connectivity index (χ1v) is 7.63. The van der Waals surface area contributed by atoms with Crippen LogP contribution < -0.4 is 20.9 Å². The van der Waals surface area contributed by atoms with Gasteiger partial charge in [0.15, 0.2) is 0 Å². The number of benzene rings is 2. The van der Waals surface area contributed by atoms with E-state index >= 15 is 0 Å².